The standard InChI is InChI=1S/C17H23F2N3O2S/c1-17(2,3)25(24)21-14(12-6-5-11(18)9-13(12)19)10-16(23)15-7-8-20-22(15)4/h5-9,14,16,21,23H,10H2,1-4H3. The van der Waals surface area contributed by atoms with E-state index >= 15 is 0 Å². The van der Waals surface area contributed by atoms with Crippen molar-refractivity contribution < 1.29 is 18.1 Å². The van der Waals surface area contributed by atoms with Crippen LogP contribution in [0, 0.1) is 11.6 Å². The van der Waals surface area contributed by atoms with Crippen LogP contribution in [0.3, 0.4) is 0 Å². The highest BCUT2D eigenvalue weighted by Gasteiger charge is 2.28. The predicted octanol–water partition coefficient (Wildman–Crippen LogP) is 2.91. The number of halogens is 2. The molecule has 1 aromatic carbocycles. The van der Waals surface area contributed by atoms with Crippen LogP contribution in [-0.2, 0) is 18.0 Å². The van der Waals surface area contributed by atoms with Gasteiger partial charge in [-0.3, -0.25) is 4.68 Å². The molecule has 0 fully saturated rings. The minimum Gasteiger partial charge on any atom is -0.387 e. The van der Waals surface area contributed by atoms with Crippen LogP contribution in [0.5, 0.6) is 0 Å². The van der Waals surface area contributed by atoms with Gasteiger partial charge in [-0.2, -0.15) is 5.10 Å². The smallest absolute Gasteiger partial charge is 0.130 e. The molecule has 3 unspecified atom stereocenters. The van der Waals surface area contributed by atoms with Gasteiger partial charge in [0.15, 0.2) is 0 Å². The Balaban J connectivity index is 2.31. The summed E-state index contributed by atoms with van der Waals surface area (Å²) in [5.41, 5.74) is 0.705. The van der Waals surface area contributed by atoms with Crippen molar-refractivity contribution in [3.8, 4) is 0 Å². The van der Waals surface area contributed by atoms with Crippen molar-refractivity contribution in [1.29, 1.82) is 0 Å². The number of aliphatic hydroxyl groups is 1. The topological polar surface area (TPSA) is 67.2 Å². The summed E-state index contributed by atoms with van der Waals surface area (Å²) in [4.78, 5) is 0. The SMILES string of the molecule is Cn1nccc1C(O)CC(NS(=O)C(C)(C)C)c1ccc(F)cc1F. The van der Waals surface area contributed by atoms with Gasteiger partial charge in [0.2, 0.25) is 0 Å². The first-order valence-corrected chi connectivity index (χ1v) is 9.03. The van der Waals surface area contributed by atoms with E-state index < -0.39 is 39.5 Å². The molecule has 138 valence electrons. The lowest BCUT2D eigenvalue weighted by Gasteiger charge is -2.26. The second-order valence-corrected chi connectivity index (χ2v) is 8.85. The molecule has 0 bridgehead atoms. The molecule has 2 aromatic rings. The zero-order valence-electron chi connectivity index (χ0n) is 14.7. The number of rotatable bonds is 6. The molecule has 0 radical (unpaired) electrons. The lowest BCUT2D eigenvalue weighted by Crippen LogP contribution is -2.36. The molecule has 2 N–H and O–H groups in total. The Kier molecular flexibility index (Phi) is 6.08. The first-order chi connectivity index (χ1) is 11.6. The van der Waals surface area contributed by atoms with Gasteiger partial charge in [-0.05, 0) is 39.3 Å². The van der Waals surface area contributed by atoms with Crippen LogP contribution in [0.4, 0.5) is 8.78 Å². The lowest BCUT2D eigenvalue weighted by atomic mass is 9.99. The van der Waals surface area contributed by atoms with E-state index in [1.807, 2.05) is 0 Å². The molecule has 5 nitrogen and oxygen atoms in total. The maximum atomic E-state index is 14.2. The summed E-state index contributed by atoms with van der Waals surface area (Å²) < 4.78 is 43.7. The monoisotopic (exact) mass is 371 g/mol. The maximum absolute atomic E-state index is 14.2. The first kappa shape index (κ1) is 19.7. The normalized spacial score (nSPS) is 15.8. The molecule has 1 heterocycles. The highest BCUT2D eigenvalue weighted by molar-refractivity contribution is 7.84. The van der Waals surface area contributed by atoms with Crippen molar-refractivity contribution in [2.45, 2.75) is 44.1 Å². The number of benzene rings is 1. The van der Waals surface area contributed by atoms with Crippen molar-refractivity contribution in [2.75, 3.05) is 0 Å². The van der Waals surface area contributed by atoms with Crippen LogP contribution in [0.15, 0.2) is 30.5 Å². The van der Waals surface area contributed by atoms with Crippen LogP contribution in [0.1, 0.15) is 50.6 Å². The molecule has 0 aliphatic rings. The first-order valence-electron chi connectivity index (χ1n) is 7.88. The molecule has 25 heavy (non-hydrogen) atoms. The number of hydrogen-bond donors (Lipinski definition) is 2. The molecular formula is C17H23F2N3O2S. The summed E-state index contributed by atoms with van der Waals surface area (Å²) >= 11 is 0. The average molecular weight is 371 g/mol. The van der Waals surface area contributed by atoms with E-state index in [0.717, 1.165) is 12.1 Å². The van der Waals surface area contributed by atoms with Gasteiger partial charge in [0, 0.05) is 24.9 Å². The summed E-state index contributed by atoms with van der Waals surface area (Å²) in [5, 5.41) is 14.5. The number of nitrogens with one attached hydrogen (secondary N) is 1. The fraction of sp³-hybridized carbons (Fsp3) is 0.471. The highest BCUT2D eigenvalue weighted by Crippen LogP contribution is 2.29. The second kappa shape index (κ2) is 7.72. The summed E-state index contributed by atoms with van der Waals surface area (Å²) in [7, 11) is 0.193. The van der Waals surface area contributed by atoms with E-state index in [1.165, 1.54) is 10.7 Å². The van der Waals surface area contributed by atoms with Gasteiger partial charge in [-0.25, -0.2) is 17.7 Å². The van der Waals surface area contributed by atoms with Gasteiger partial charge in [-0.1, -0.05) is 6.07 Å². The molecule has 1 aromatic heterocycles. The summed E-state index contributed by atoms with van der Waals surface area (Å²) in [6.07, 6.45) is 0.655. The Morgan fingerprint density at radius 3 is 2.52 bits per heavy atom. The minimum absolute atomic E-state index is 0.0594. The summed E-state index contributed by atoms with van der Waals surface area (Å²) in [6.45, 7) is 5.35. The third-order valence-corrected chi connectivity index (χ3v) is 5.41. The van der Waals surface area contributed by atoms with Crippen molar-refractivity contribution in [2.24, 2.45) is 7.05 Å². The minimum atomic E-state index is -1.49. The number of nitrogens with zero attached hydrogens (tertiary/aromatic N) is 2. The van der Waals surface area contributed by atoms with Gasteiger partial charge in [0.1, 0.15) is 11.6 Å². The zero-order chi connectivity index (χ0) is 18.8. The maximum Gasteiger partial charge on any atom is 0.130 e. The number of hydrogen-bond acceptors (Lipinski definition) is 3. The second-order valence-electron chi connectivity index (χ2n) is 6.85. The Morgan fingerprint density at radius 2 is 2.00 bits per heavy atom. The van der Waals surface area contributed by atoms with Crippen molar-refractivity contribution in [1.82, 2.24) is 14.5 Å². The van der Waals surface area contributed by atoms with Gasteiger partial charge >= 0.3 is 0 Å². The van der Waals surface area contributed by atoms with Crippen molar-refractivity contribution in [3.63, 3.8) is 0 Å². The molecule has 8 heteroatoms. The van der Waals surface area contributed by atoms with Gasteiger partial charge in [-0.15, -0.1) is 0 Å². The molecule has 0 spiro atoms. The molecule has 0 amide bonds. The highest BCUT2D eigenvalue weighted by atomic mass is 32.2. The Labute approximate surface area is 148 Å². The Bertz CT molecular complexity index is 759. The molecule has 0 aliphatic heterocycles. The average Bonchev–Trinajstić information content (AvgIpc) is 2.91. The third-order valence-electron chi connectivity index (χ3n) is 3.80. The Hall–Kier alpha value is -1.64. The molecule has 2 rings (SSSR count). The molecule has 0 aliphatic carbocycles. The largest absolute Gasteiger partial charge is 0.387 e. The number of aromatic nitrogens is 2. The molecule has 3 atom stereocenters. The van der Waals surface area contributed by atoms with Crippen LogP contribution in [0.2, 0.25) is 0 Å². The van der Waals surface area contributed by atoms with E-state index in [-0.39, 0.29) is 12.0 Å². The summed E-state index contributed by atoms with van der Waals surface area (Å²) in [6, 6.07) is 4.12. The quantitative estimate of drug-likeness (QED) is 0.820. The van der Waals surface area contributed by atoms with Crippen LogP contribution in [0.25, 0.3) is 0 Å². The van der Waals surface area contributed by atoms with Gasteiger partial charge in [0.25, 0.3) is 0 Å². The van der Waals surface area contributed by atoms with E-state index in [0.29, 0.717) is 5.69 Å². The number of aliphatic hydroxyl groups excluding tert-OH is 1. The van der Waals surface area contributed by atoms with E-state index in [2.05, 4.69) is 9.82 Å². The Morgan fingerprint density at radius 1 is 1.32 bits per heavy atom. The van der Waals surface area contributed by atoms with Crippen LogP contribution < -0.4 is 4.72 Å². The zero-order valence-corrected chi connectivity index (χ0v) is 15.5. The van der Waals surface area contributed by atoms with E-state index in [9.17, 15) is 18.1 Å². The number of aryl methyl sites for hydroxylation is 1. The van der Waals surface area contributed by atoms with Crippen molar-refractivity contribution in [3.05, 3.63) is 53.4 Å². The molecule has 0 saturated carbocycles. The van der Waals surface area contributed by atoms with E-state index in [4.69, 9.17) is 0 Å². The van der Waals surface area contributed by atoms with Crippen molar-refractivity contribution >= 4 is 11.0 Å². The van der Waals surface area contributed by atoms with E-state index in [1.54, 1.807) is 40.1 Å². The fourth-order valence-corrected chi connectivity index (χ4v) is 3.22. The third kappa shape index (κ3) is 4.93. The van der Waals surface area contributed by atoms with Crippen LogP contribution in [-0.4, -0.2) is 23.8 Å². The fourth-order valence-electron chi connectivity index (χ4n) is 2.38. The predicted molar refractivity (Wildman–Crippen MR) is 92.9 cm³/mol. The van der Waals surface area contributed by atoms with Gasteiger partial charge in [0.05, 0.1) is 33.6 Å². The lowest BCUT2D eigenvalue weighted by molar-refractivity contribution is 0.146. The summed E-state index contributed by atoms with van der Waals surface area (Å²) in [5.74, 6) is -1.44. The molecular weight excluding hydrogens is 348 g/mol. The van der Waals surface area contributed by atoms with Crippen LogP contribution >= 0.6 is 0 Å². The molecule has 0 saturated heterocycles. The van der Waals surface area contributed by atoms with Gasteiger partial charge < -0.3 is 5.11 Å².